The van der Waals surface area contributed by atoms with E-state index in [-0.39, 0.29) is 17.5 Å². The summed E-state index contributed by atoms with van der Waals surface area (Å²) in [5.74, 6) is -1.11. The van der Waals surface area contributed by atoms with Gasteiger partial charge in [-0.1, -0.05) is 19.4 Å². The number of carboxylic acid groups (broad SMARTS) is 1. The second kappa shape index (κ2) is 7.09. The van der Waals surface area contributed by atoms with Gasteiger partial charge >= 0.3 is 12.1 Å². The minimum absolute atomic E-state index is 0.231. The lowest BCUT2D eigenvalue weighted by Crippen LogP contribution is -2.56. The van der Waals surface area contributed by atoms with Crippen LogP contribution in [0.15, 0.2) is 23.9 Å². The highest BCUT2D eigenvalue weighted by molar-refractivity contribution is 5.81. The number of aliphatic carboxylic acids is 1. The Hall–Kier alpha value is -2.38. The number of amides is 1. The molecule has 0 heterocycles. The molecule has 1 amide bonds. The van der Waals surface area contributed by atoms with Gasteiger partial charge in [0.15, 0.2) is 0 Å². The first-order chi connectivity index (χ1) is 12.0. The fraction of sp³-hybridized carbons (Fsp3) is 0.667. The molecule has 0 aromatic carbocycles. The van der Waals surface area contributed by atoms with E-state index >= 15 is 0 Å². The van der Waals surface area contributed by atoms with Crippen molar-refractivity contribution in [3.8, 4) is 0 Å². The summed E-state index contributed by atoms with van der Waals surface area (Å²) in [6, 6.07) is -1.06. The molecule has 0 radical (unpaired) electrons. The first-order valence-corrected chi connectivity index (χ1v) is 8.79. The van der Waals surface area contributed by atoms with Crippen LogP contribution in [0.3, 0.4) is 0 Å². The second-order valence-corrected chi connectivity index (χ2v) is 7.90. The summed E-state index contributed by atoms with van der Waals surface area (Å²) < 4.78 is 5.23. The average Bonchev–Trinajstić information content (AvgIpc) is 3.31. The normalized spacial score (nSPS) is 26.6. The smallest absolute Gasteiger partial charge is 0.408 e. The molecule has 2 N–H and O–H groups in total. The van der Waals surface area contributed by atoms with Crippen molar-refractivity contribution in [2.24, 2.45) is 17.3 Å². The second-order valence-electron chi connectivity index (χ2n) is 7.90. The van der Waals surface area contributed by atoms with Crippen molar-refractivity contribution in [2.75, 3.05) is 0 Å². The Morgan fingerprint density at radius 1 is 1.46 bits per heavy atom. The fourth-order valence-electron chi connectivity index (χ4n) is 3.69. The number of allylic oxidation sites excluding steroid dienone is 1. The van der Waals surface area contributed by atoms with Crippen molar-refractivity contribution in [3.05, 3.63) is 34.0 Å². The molecule has 2 aliphatic rings. The van der Waals surface area contributed by atoms with Gasteiger partial charge < -0.3 is 15.2 Å². The number of carbonyl (C=O) groups excluding carboxylic acids is 1. The lowest BCUT2D eigenvalue weighted by molar-refractivity contribution is -0.419. The van der Waals surface area contributed by atoms with Gasteiger partial charge in [-0.15, -0.1) is 0 Å². The highest BCUT2D eigenvalue weighted by Crippen LogP contribution is 2.51. The van der Waals surface area contributed by atoms with E-state index in [1.165, 1.54) is 18.2 Å². The number of nitro groups is 1. The maximum atomic E-state index is 12.3. The number of hydrogen-bond acceptors (Lipinski definition) is 5. The van der Waals surface area contributed by atoms with Crippen LogP contribution in [0.1, 0.15) is 47.0 Å². The molecule has 26 heavy (non-hydrogen) atoms. The molecule has 2 aliphatic carbocycles. The third-order valence-electron chi connectivity index (χ3n) is 4.88. The first kappa shape index (κ1) is 19.9. The number of carboxylic acids is 1. The monoisotopic (exact) mass is 366 g/mol. The molecule has 1 saturated carbocycles. The molecule has 0 aromatic heterocycles. The van der Waals surface area contributed by atoms with E-state index in [1.807, 2.05) is 6.92 Å². The molecule has 8 heteroatoms. The molecule has 3 atom stereocenters. The number of alkyl carbamates (subject to hydrolysis) is 1. The van der Waals surface area contributed by atoms with Gasteiger partial charge in [-0.05, 0) is 45.4 Å². The summed E-state index contributed by atoms with van der Waals surface area (Å²) in [5.41, 5.74) is -2.45. The van der Waals surface area contributed by atoms with E-state index in [2.05, 4.69) is 5.32 Å². The number of carbonyl (C=O) groups is 2. The molecule has 0 bridgehead atoms. The van der Waals surface area contributed by atoms with Crippen LogP contribution in [0.25, 0.3) is 0 Å². The summed E-state index contributed by atoms with van der Waals surface area (Å²) in [4.78, 5) is 35.2. The van der Waals surface area contributed by atoms with Gasteiger partial charge in [0, 0.05) is 12.2 Å². The third-order valence-corrected chi connectivity index (χ3v) is 4.88. The predicted octanol–water partition coefficient (Wildman–Crippen LogP) is 3.12. The zero-order valence-corrected chi connectivity index (χ0v) is 15.5. The molecule has 0 aromatic rings. The van der Waals surface area contributed by atoms with E-state index in [1.54, 1.807) is 20.8 Å². The van der Waals surface area contributed by atoms with E-state index in [0.717, 1.165) is 12.8 Å². The van der Waals surface area contributed by atoms with E-state index < -0.39 is 34.0 Å². The van der Waals surface area contributed by atoms with Gasteiger partial charge in [0.1, 0.15) is 11.0 Å². The van der Waals surface area contributed by atoms with Crippen LogP contribution in [0.4, 0.5) is 4.79 Å². The van der Waals surface area contributed by atoms with Crippen molar-refractivity contribution in [3.63, 3.8) is 0 Å². The van der Waals surface area contributed by atoms with Crippen LogP contribution in [-0.2, 0) is 9.53 Å². The molecule has 8 nitrogen and oxygen atoms in total. The summed E-state index contributed by atoms with van der Waals surface area (Å²) in [6.45, 7) is 6.97. The number of rotatable bonds is 6. The van der Waals surface area contributed by atoms with Crippen molar-refractivity contribution in [1.29, 1.82) is 0 Å². The Bertz CT molecular complexity index is 659. The lowest BCUT2D eigenvalue weighted by atomic mass is 9.64. The van der Waals surface area contributed by atoms with Gasteiger partial charge in [-0.3, -0.25) is 14.9 Å². The van der Waals surface area contributed by atoms with Gasteiger partial charge in [0.05, 0.1) is 11.0 Å². The quantitative estimate of drug-likeness (QED) is 0.551. The van der Waals surface area contributed by atoms with Crippen molar-refractivity contribution in [1.82, 2.24) is 5.32 Å². The van der Waals surface area contributed by atoms with Gasteiger partial charge in [0.2, 0.25) is 0 Å². The minimum atomic E-state index is -1.44. The molecular formula is C18H26N2O6. The molecule has 2 unspecified atom stereocenters. The zero-order chi connectivity index (χ0) is 19.7. The Morgan fingerprint density at radius 2 is 2.08 bits per heavy atom. The third kappa shape index (κ3) is 4.05. The summed E-state index contributed by atoms with van der Waals surface area (Å²) in [7, 11) is 0. The fourth-order valence-corrected chi connectivity index (χ4v) is 3.69. The number of hydrogen-bond donors (Lipinski definition) is 2. The Balaban J connectivity index is 2.43. The summed E-state index contributed by atoms with van der Waals surface area (Å²) >= 11 is 0. The van der Waals surface area contributed by atoms with Gasteiger partial charge in [-0.25, -0.2) is 4.79 Å². The van der Waals surface area contributed by atoms with Crippen LogP contribution in [0.5, 0.6) is 0 Å². The molecule has 0 saturated heterocycles. The molecule has 0 spiro atoms. The first-order valence-electron chi connectivity index (χ1n) is 8.79. The van der Waals surface area contributed by atoms with Crippen molar-refractivity contribution >= 4 is 12.1 Å². The lowest BCUT2D eigenvalue weighted by Gasteiger charge is -2.41. The molecule has 1 fully saturated rings. The maximum absolute atomic E-state index is 12.3. The largest absolute Gasteiger partial charge is 0.481 e. The Labute approximate surface area is 152 Å². The topological polar surface area (TPSA) is 119 Å². The summed E-state index contributed by atoms with van der Waals surface area (Å²) in [5, 5.41) is 23.8. The van der Waals surface area contributed by atoms with Crippen LogP contribution < -0.4 is 5.32 Å². The van der Waals surface area contributed by atoms with Crippen LogP contribution in [0, 0.1) is 27.4 Å². The number of ether oxygens (including phenoxy) is 1. The van der Waals surface area contributed by atoms with Gasteiger partial charge in [0.25, 0.3) is 5.70 Å². The van der Waals surface area contributed by atoms with Crippen LogP contribution in [-0.4, -0.2) is 33.7 Å². The standard InChI is InChI=1S/C18H26N2O6/c1-5-13(11-6-7-11)18(15(21)22)9-8-12(20(24)25)10-14(18)19-16(23)26-17(2,3)4/h8-11,13-14H,5-7H2,1-4H3,(H,19,23)(H,21,22)/t13?,14-,18?/m0/s1. The SMILES string of the molecule is CCC(C1CC1)C1(C(=O)O)C=CC([N+](=O)[O-])=C[C@@H]1NC(=O)OC(C)(C)C. The van der Waals surface area contributed by atoms with E-state index in [4.69, 9.17) is 4.74 Å². The molecular weight excluding hydrogens is 340 g/mol. The van der Waals surface area contributed by atoms with Crippen LogP contribution >= 0.6 is 0 Å². The predicted molar refractivity (Wildman–Crippen MR) is 93.9 cm³/mol. The zero-order valence-electron chi connectivity index (χ0n) is 15.5. The Morgan fingerprint density at radius 3 is 2.50 bits per heavy atom. The molecule has 0 aliphatic heterocycles. The van der Waals surface area contributed by atoms with Crippen molar-refractivity contribution in [2.45, 2.75) is 58.6 Å². The highest BCUT2D eigenvalue weighted by Gasteiger charge is 2.56. The summed E-state index contributed by atoms with van der Waals surface area (Å²) in [6.07, 6.45) is 5.46. The van der Waals surface area contributed by atoms with Crippen LogP contribution in [0.2, 0.25) is 0 Å². The minimum Gasteiger partial charge on any atom is -0.481 e. The number of nitrogens with one attached hydrogen (secondary N) is 1. The highest BCUT2D eigenvalue weighted by atomic mass is 16.6. The van der Waals surface area contributed by atoms with Crippen molar-refractivity contribution < 1.29 is 24.4 Å². The maximum Gasteiger partial charge on any atom is 0.408 e. The average molecular weight is 366 g/mol. The van der Waals surface area contributed by atoms with E-state index in [0.29, 0.717) is 6.42 Å². The molecule has 144 valence electrons. The Kier molecular flexibility index (Phi) is 5.44. The number of nitrogens with zero attached hydrogens (tertiary/aromatic N) is 1. The van der Waals surface area contributed by atoms with E-state index in [9.17, 15) is 24.8 Å². The van der Waals surface area contributed by atoms with Gasteiger partial charge in [-0.2, -0.15) is 0 Å². The molecule has 2 rings (SSSR count).